The molecule has 17 heavy (non-hydrogen) atoms. The minimum atomic E-state index is -0.460. The number of aliphatic hydroxyl groups excluding tert-OH is 1. The molecule has 2 atom stereocenters. The van der Waals surface area contributed by atoms with E-state index in [1.54, 1.807) is 0 Å². The Labute approximate surface area is 103 Å². The lowest BCUT2D eigenvalue weighted by Crippen LogP contribution is -2.26. The van der Waals surface area contributed by atoms with Gasteiger partial charge in [-0.05, 0) is 24.5 Å². The first-order valence-electron chi connectivity index (χ1n) is 6.23. The first kappa shape index (κ1) is 13.7. The molecular weight excluding hydrogens is 214 g/mol. The maximum atomic E-state index is 11.7. The van der Waals surface area contributed by atoms with Crippen LogP contribution < -0.4 is 5.73 Å². The van der Waals surface area contributed by atoms with Gasteiger partial charge in [0.05, 0.1) is 6.10 Å². The van der Waals surface area contributed by atoms with Crippen LogP contribution >= 0.6 is 0 Å². The molecule has 1 aliphatic carbocycles. The van der Waals surface area contributed by atoms with E-state index in [4.69, 9.17) is 5.73 Å². The molecule has 3 nitrogen and oxygen atoms in total. The molecule has 2 rings (SSSR count). The Kier molecular flexibility index (Phi) is 5.16. The van der Waals surface area contributed by atoms with E-state index in [9.17, 15) is 9.90 Å². The molecule has 0 amide bonds. The van der Waals surface area contributed by atoms with Crippen molar-refractivity contribution < 1.29 is 9.90 Å². The smallest absolute Gasteiger partial charge is 0.142 e. The van der Waals surface area contributed by atoms with Crippen molar-refractivity contribution in [2.24, 2.45) is 0 Å². The van der Waals surface area contributed by atoms with Crippen molar-refractivity contribution >= 4 is 11.5 Å². The molecule has 1 unspecified atom stereocenters. The number of nitrogens with two attached hydrogens (primary N) is 1. The SMILES string of the molecule is CC.Nc1ccccc1C1CC[C@H](O)CC1=O. The molecule has 94 valence electrons. The summed E-state index contributed by atoms with van der Waals surface area (Å²) >= 11 is 0. The number of hydrogen-bond acceptors (Lipinski definition) is 3. The van der Waals surface area contributed by atoms with Gasteiger partial charge in [-0.25, -0.2) is 0 Å². The zero-order valence-corrected chi connectivity index (χ0v) is 10.5. The topological polar surface area (TPSA) is 63.3 Å². The van der Waals surface area contributed by atoms with Gasteiger partial charge in [-0.3, -0.25) is 4.79 Å². The highest BCUT2D eigenvalue weighted by atomic mass is 16.3. The fourth-order valence-corrected chi connectivity index (χ4v) is 2.15. The van der Waals surface area contributed by atoms with Gasteiger partial charge >= 0.3 is 0 Å². The quantitative estimate of drug-likeness (QED) is 0.735. The third kappa shape index (κ3) is 3.30. The molecule has 1 fully saturated rings. The van der Waals surface area contributed by atoms with Crippen LogP contribution in [0.3, 0.4) is 0 Å². The summed E-state index contributed by atoms with van der Waals surface area (Å²) in [6, 6.07) is 7.47. The van der Waals surface area contributed by atoms with Crippen LogP contribution in [0.15, 0.2) is 24.3 Å². The van der Waals surface area contributed by atoms with Gasteiger partial charge < -0.3 is 10.8 Å². The largest absolute Gasteiger partial charge is 0.398 e. The van der Waals surface area contributed by atoms with Crippen molar-refractivity contribution in [3.63, 3.8) is 0 Å². The Bertz CT molecular complexity index is 376. The van der Waals surface area contributed by atoms with Crippen LogP contribution in [0.5, 0.6) is 0 Å². The zero-order valence-electron chi connectivity index (χ0n) is 10.5. The maximum absolute atomic E-state index is 11.7. The predicted molar refractivity (Wildman–Crippen MR) is 69.8 cm³/mol. The first-order chi connectivity index (χ1) is 8.18. The molecule has 0 heterocycles. The Morgan fingerprint density at radius 2 is 1.88 bits per heavy atom. The molecule has 3 N–H and O–H groups in total. The fourth-order valence-electron chi connectivity index (χ4n) is 2.15. The third-order valence-corrected chi connectivity index (χ3v) is 2.99. The van der Waals surface area contributed by atoms with E-state index in [1.165, 1.54) is 0 Å². The summed E-state index contributed by atoms with van der Waals surface area (Å²) in [5, 5.41) is 9.36. The summed E-state index contributed by atoms with van der Waals surface area (Å²) in [5.41, 5.74) is 7.42. The Morgan fingerprint density at radius 1 is 1.24 bits per heavy atom. The number of anilines is 1. The molecule has 1 aliphatic rings. The molecule has 1 aromatic carbocycles. The van der Waals surface area contributed by atoms with Crippen LogP contribution in [0.2, 0.25) is 0 Å². The van der Waals surface area contributed by atoms with E-state index >= 15 is 0 Å². The van der Waals surface area contributed by atoms with E-state index in [0.717, 1.165) is 5.56 Å². The number of hydrogen-bond donors (Lipinski definition) is 2. The van der Waals surface area contributed by atoms with Gasteiger partial charge in [-0.15, -0.1) is 0 Å². The lowest BCUT2D eigenvalue weighted by molar-refractivity contribution is -0.124. The molecule has 0 aliphatic heterocycles. The number of nitrogen functional groups attached to an aromatic ring is 1. The summed E-state index contributed by atoms with van der Waals surface area (Å²) < 4.78 is 0. The van der Waals surface area contributed by atoms with Crippen LogP contribution in [-0.2, 0) is 4.79 Å². The lowest BCUT2D eigenvalue weighted by Gasteiger charge is -2.25. The summed E-state index contributed by atoms with van der Waals surface area (Å²) in [6.45, 7) is 4.00. The average molecular weight is 235 g/mol. The first-order valence-corrected chi connectivity index (χ1v) is 6.23. The fraction of sp³-hybridized carbons (Fsp3) is 0.500. The van der Waals surface area contributed by atoms with E-state index in [1.807, 2.05) is 38.1 Å². The van der Waals surface area contributed by atoms with Gasteiger partial charge in [0.1, 0.15) is 5.78 Å². The van der Waals surface area contributed by atoms with Gasteiger partial charge in [0, 0.05) is 18.0 Å². The highest BCUT2D eigenvalue weighted by Crippen LogP contribution is 2.32. The van der Waals surface area contributed by atoms with Gasteiger partial charge in [0.15, 0.2) is 0 Å². The molecule has 1 aromatic rings. The number of benzene rings is 1. The number of ketones is 1. The van der Waals surface area contributed by atoms with Gasteiger partial charge in [0.25, 0.3) is 0 Å². The second-order valence-electron chi connectivity index (χ2n) is 4.08. The van der Waals surface area contributed by atoms with Gasteiger partial charge in [0.2, 0.25) is 0 Å². The molecule has 0 radical (unpaired) electrons. The number of carbonyl (C=O) groups excluding carboxylic acids is 1. The molecule has 0 bridgehead atoms. The Morgan fingerprint density at radius 3 is 2.47 bits per heavy atom. The van der Waals surface area contributed by atoms with Crippen molar-refractivity contribution in [2.45, 2.75) is 45.1 Å². The predicted octanol–water partition coefficient (Wildman–Crippen LogP) is 2.49. The minimum Gasteiger partial charge on any atom is -0.398 e. The van der Waals surface area contributed by atoms with Crippen molar-refractivity contribution in [3.05, 3.63) is 29.8 Å². The highest BCUT2D eigenvalue weighted by Gasteiger charge is 2.29. The molecule has 1 saturated carbocycles. The van der Waals surface area contributed by atoms with Crippen molar-refractivity contribution in [1.29, 1.82) is 0 Å². The highest BCUT2D eigenvalue weighted by molar-refractivity contribution is 5.88. The van der Waals surface area contributed by atoms with E-state index in [-0.39, 0.29) is 18.1 Å². The van der Waals surface area contributed by atoms with Crippen LogP contribution in [0.1, 0.15) is 44.6 Å². The summed E-state index contributed by atoms with van der Waals surface area (Å²) in [7, 11) is 0. The van der Waals surface area contributed by atoms with Crippen LogP contribution in [0, 0.1) is 0 Å². The molecule has 3 heteroatoms. The summed E-state index contributed by atoms with van der Waals surface area (Å²) in [4.78, 5) is 11.7. The Hall–Kier alpha value is -1.35. The summed E-state index contributed by atoms with van der Waals surface area (Å²) in [6.07, 6.45) is 1.19. The normalized spacial score (nSPS) is 23.8. The van der Waals surface area contributed by atoms with Crippen molar-refractivity contribution in [3.8, 4) is 0 Å². The second-order valence-corrected chi connectivity index (χ2v) is 4.08. The Balaban J connectivity index is 0.000000686. The average Bonchev–Trinajstić information content (AvgIpc) is 2.33. The zero-order chi connectivity index (χ0) is 12.8. The second kappa shape index (κ2) is 6.40. The van der Waals surface area contributed by atoms with E-state index in [2.05, 4.69) is 0 Å². The third-order valence-electron chi connectivity index (χ3n) is 2.99. The standard InChI is InChI=1S/C12H15NO2.C2H6/c13-11-4-2-1-3-9(11)10-6-5-8(14)7-12(10)15;1-2/h1-4,8,10,14H,5-7,13H2;1-2H3/t8-,10?;/m0./s1. The minimum absolute atomic E-state index is 0.103. The lowest BCUT2D eigenvalue weighted by atomic mass is 9.81. The van der Waals surface area contributed by atoms with E-state index < -0.39 is 6.10 Å². The molecule has 0 spiro atoms. The number of Topliss-reactive ketones (excluding diaryl/α,β-unsaturated/α-hetero) is 1. The maximum Gasteiger partial charge on any atom is 0.142 e. The van der Waals surface area contributed by atoms with E-state index in [0.29, 0.717) is 18.5 Å². The monoisotopic (exact) mass is 235 g/mol. The van der Waals surface area contributed by atoms with Crippen LogP contribution in [-0.4, -0.2) is 17.0 Å². The molecular formula is C14H21NO2. The van der Waals surface area contributed by atoms with Crippen molar-refractivity contribution in [1.82, 2.24) is 0 Å². The number of rotatable bonds is 1. The van der Waals surface area contributed by atoms with Gasteiger partial charge in [-0.2, -0.15) is 0 Å². The van der Waals surface area contributed by atoms with Gasteiger partial charge in [-0.1, -0.05) is 32.0 Å². The molecule has 0 saturated heterocycles. The summed E-state index contributed by atoms with van der Waals surface area (Å²) in [5.74, 6) is -0.0127. The number of aliphatic hydroxyl groups is 1. The number of para-hydroxylation sites is 1. The van der Waals surface area contributed by atoms with Crippen molar-refractivity contribution in [2.75, 3.05) is 5.73 Å². The van der Waals surface area contributed by atoms with Crippen LogP contribution in [0.25, 0.3) is 0 Å². The van der Waals surface area contributed by atoms with Crippen LogP contribution in [0.4, 0.5) is 5.69 Å². The molecule has 0 aromatic heterocycles. The number of carbonyl (C=O) groups is 1.